The number of nitrogens with zero attached hydrogens (tertiary/aromatic N) is 2. The molecule has 1 heterocycles. The van der Waals surface area contributed by atoms with Crippen molar-refractivity contribution >= 4 is 5.97 Å². The lowest BCUT2D eigenvalue weighted by molar-refractivity contribution is 0.0462. The van der Waals surface area contributed by atoms with Gasteiger partial charge in [0.25, 0.3) is 5.56 Å². The number of carbonyl (C=O) groups is 1. The summed E-state index contributed by atoms with van der Waals surface area (Å²) >= 11 is 0. The molecule has 26 heavy (non-hydrogen) atoms. The van der Waals surface area contributed by atoms with Crippen LogP contribution >= 0.6 is 0 Å². The van der Waals surface area contributed by atoms with Crippen LogP contribution in [0.4, 0.5) is 0 Å². The average molecular weight is 360 g/mol. The third-order valence-electron chi connectivity index (χ3n) is 4.08. The Morgan fingerprint density at radius 3 is 2.38 bits per heavy atom. The van der Waals surface area contributed by atoms with Crippen LogP contribution in [0.25, 0.3) is 0 Å². The summed E-state index contributed by atoms with van der Waals surface area (Å²) in [6.45, 7) is 2.62. The van der Waals surface area contributed by atoms with Gasteiger partial charge in [-0.2, -0.15) is 0 Å². The van der Waals surface area contributed by atoms with Crippen molar-refractivity contribution in [1.82, 2.24) is 9.13 Å². The predicted molar refractivity (Wildman–Crippen MR) is 97.5 cm³/mol. The summed E-state index contributed by atoms with van der Waals surface area (Å²) in [6.07, 6.45) is 3.25. The van der Waals surface area contributed by atoms with Crippen molar-refractivity contribution in [2.24, 2.45) is 14.1 Å². The van der Waals surface area contributed by atoms with Crippen LogP contribution in [-0.4, -0.2) is 21.7 Å². The third kappa shape index (κ3) is 4.84. The number of hydrogen-bond donors (Lipinski definition) is 0. The standard InChI is InChI=1S/C19H24N2O5/c1-4-5-6-11-25-16-9-7-14(8-10-16)18(23)26-13-15-12-17(22)21(3)19(24)20(15)2/h7-10,12H,4-6,11,13H2,1-3H3. The lowest BCUT2D eigenvalue weighted by Gasteiger charge is -2.10. The first-order valence-electron chi connectivity index (χ1n) is 8.60. The van der Waals surface area contributed by atoms with Gasteiger partial charge in [-0.05, 0) is 30.7 Å². The molecule has 0 aliphatic heterocycles. The van der Waals surface area contributed by atoms with Crippen LogP contribution in [0.5, 0.6) is 5.75 Å². The summed E-state index contributed by atoms with van der Waals surface area (Å²) in [5.41, 5.74) is -0.195. The highest BCUT2D eigenvalue weighted by Crippen LogP contribution is 2.14. The lowest BCUT2D eigenvalue weighted by atomic mass is 10.2. The van der Waals surface area contributed by atoms with Crippen LogP contribution in [-0.2, 0) is 25.4 Å². The van der Waals surface area contributed by atoms with E-state index in [2.05, 4.69) is 6.92 Å². The topological polar surface area (TPSA) is 79.5 Å². The monoisotopic (exact) mass is 360 g/mol. The molecule has 0 radical (unpaired) electrons. The van der Waals surface area contributed by atoms with Crippen molar-refractivity contribution in [2.75, 3.05) is 6.61 Å². The van der Waals surface area contributed by atoms with Crippen molar-refractivity contribution < 1.29 is 14.3 Å². The van der Waals surface area contributed by atoms with Crippen molar-refractivity contribution in [3.8, 4) is 5.75 Å². The molecule has 1 aromatic carbocycles. The summed E-state index contributed by atoms with van der Waals surface area (Å²) in [7, 11) is 2.92. The van der Waals surface area contributed by atoms with E-state index in [1.165, 1.54) is 24.7 Å². The molecule has 0 unspecified atom stereocenters. The molecule has 1 aromatic heterocycles. The largest absolute Gasteiger partial charge is 0.494 e. The molecule has 140 valence electrons. The molecule has 0 amide bonds. The second-order valence-electron chi connectivity index (χ2n) is 6.03. The Labute approximate surface area is 151 Å². The van der Waals surface area contributed by atoms with E-state index < -0.39 is 17.2 Å². The highest BCUT2D eigenvalue weighted by Gasteiger charge is 2.11. The van der Waals surface area contributed by atoms with E-state index in [1.807, 2.05) is 0 Å². The van der Waals surface area contributed by atoms with Gasteiger partial charge in [-0.3, -0.25) is 13.9 Å². The van der Waals surface area contributed by atoms with Gasteiger partial charge in [-0.1, -0.05) is 19.8 Å². The van der Waals surface area contributed by atoms with Crippen LogP contribution in [0.15, 0.2) is 39.9 Å². The number of carbonyl (C=O) groups excluding carboxylic acids is 1. The minimum Gasteiger partial charge on any atom is -0.494 e. The molecule has 0 spiro atoms. The molecule has 2 aromatic rings. The van der Waals surface area contributed by atoms with Gasteiger partial charge in [0, 0.05) is 20.2 Å². The Morgan fingerprint density at radius 2 is 1.73 bits per heavy atom. The van der Waals surface area contributed by atoms with Crippen molar-refractivity contribution in [3.05, 3.63) is 62.4 Å². The normalized spacial score (nSPS) is 10.6. The van der Waals surface area contributed by atoms with Gasteiger partial charge in [-0.25, -0.2) is 9.59 Å². The van der Waals surface area contributed by atoms with E-state index in [0.29, 0.717) is 23.6 Å². The Morgan fingerprint density at radius 1 is 1.04 bits per heavy atom. The maximum Gasteiger partial charge on any atom is 0.338 e. The first kappa shape index (κ1) is 19.5. The fraction of sp³-hybridized carbons (Fsp3) is 0.421. The van der Waals surface area contributed by atoms with Crippen molar-refractivity contribution in [2.45, 2.75) is 32.8 Å². The first-order chi connectivity index (χ1) is 12.4. The van der Waals surface area contributed by atoms with E-state index >= 15 is 0 Å². The molecule has 0 aliphatic carbocycles. The molecule has 0 aliphatic rings. The van der Waals surface area contributed by atoms with Gasteiger partial charge in [0.15, 0.2) is 0 Å². The lowest BCUT2D eigenvalue weighted by Crippen LogP contribution is -2.38. The Hall–Kier alpha value is -2.83. The van der Waals surface area contributed by atoms with E-state index in [0.717, 1.165) is 23.8 Å². The fourth-order valence-corrected chi connectivity index (χ4v) is 2.37. The Bertz CT molecular complexity index is 865. The zero-order chi connectivity index (χ0) is 19.1. The van der Waals surface area contributed by atoms with Crippen LogP contribution in [0, 0.1) is 0 Å². The van der Waals surface area contributed by atoms with E-state index in [-0.39, 0.29) is 6.61 Å². The number of esters is 1. The van der Waals surface area contributed by atoms with Crippen LogP contribution in [0.1, 0.15) is 42.2 Å². The number of aromatic nitrogens is 2. The number of ether oxygens (including phenoxy) is 2. The smallest absolute Gasteiger partial charge is 0.338 e. The SMILES string of the molecule is CCCCCOc1ccc(C(=O)OCc2cc(=O)n(C)c(=O)n2C)cc1. The zero-order valence-corrected chi connectivity index (χ0v) is 15.4. The summed E-state index contributed by atoms with van der Waals surface area (Å²) in [5.74, 6) is 0.169. The summed E-state index contributed by atoms with van der Waals surface area (Å²) < 4.78 is 13.1. The number of hydrogen-bond acceptors (Lipinski definition) is 5. The average Bonchev–Trinajstić information content (AvgIpc) is 2.65. The second kappa shape index (κ2) is 9.03. The highest BCUT2D eigenvalue weighted by atomic mass is 16.5. The minimum absolute atomic E-state index is 0.157. The molecule has 2 rings (SSSR count). The van der Waals surface area contributed by atoms with Gasteiger partial charge in [0.1, 0.15) is 12.4 Å². The molecule has 7 nitrogen and oxygen atoms in total. The number of unbranched alkanes of at least 4 members (excludes halogenated alkanes) is 2. The van der Waals surface area contributed by atoms with Gasteiger partial charge >= 0.3 is 11.7 Å². The fourth-order valence-electron chi connectivity index (χ4n) is 2.37. The molecular formula is C19H24N2O5. The quantitative estimate of drug-likeness (QED) is 0.531. The third-order valence-corrected chi connectivity index (χ3v) is 4.08. The molecule has 0 saturated carbocycles. The highest BCUT2D eigenvalue weighted by molar-refractivity contribution is 5.89. The summed E-state index contributed by atoms with van der Waals surface area (Å²) in [5, 5.41) is 0. The second-order valence-corrected chi connectivity index (χ2v) is 6.03. The maximum atomic E-state index is 12.1. The number of rotatable bonds is 8. The van der Waals surface area contributed by atoms with E-state index in [1.54, 1.807) is 24.3 Å². The van der Waals surface area contributed by atoms with Gasteiger partial charge < -0.3 is 9.47 Å². The van der Waals surface area contributed by atoms with Crippen molar-refractivity contribution in [3.63, 3.8) is 0 Å². The summed E-state index contributed by atoms with van der Waals surface area (Å²) in [4.78, 5) is 35.7. The molecule has 7 heteroatoms. The number of benzene rings is 1. The van der Waals surface area contributed by atoms with E-state index in [9.17, 15) is 14.4 Å². The molecule has 0 bridgehead atoms. The van der Waals surface area contributed by atoms with E-state index in [4.69, 9.17) is 9.47 Å². The predicted octanol–water partition coefficient (Wildman–Crippen LogP) is 2.01. The van der Waals surface area contributed by atoms with Crippen LogP contribution in [0.2, 0.25) is 0 Å². The van der Waals surface area contributed by atoms with Crippen LogP contribution < -0.4 is 16.0 Å². The Balaban J connectivity index is 1.96. The zero-order valence-electron chi connectivity index (χ0n) is 15.4. The molecular weight excluding hydrogens is 336 g/mol. The minimum atomic E-state index is -0.532. The van der Waals surface area contributed by atoms with Gasteiger partial charge in [0.05, 0.1) is 17.9 Å². The maximum absolute atomic E-state index is 12.1. The van der Waals surface area contributed by atoms with Gasteiger partial charge in [-0.15, -0.1) is 0 Å². The molecule has 0 N–H and O–H groups in total. The molecule has 0 fully saturated rings. The first-order valence-corrected chi connectivity index (χ1v) is 8.60. The van der Waals surface area contributed by atoms with Gasteiger partial charge in [0.2, 0.25) is 0 Å². The molecule has 0 atom stereocenters. The summed E-state index contributed by atoms with van der Waals surface area (Å²) in [6, 6.07) is 7.97. The Kier molecular flexibility index (Phi) is 6.77. The van der Waals surface area contributed by atoms with Crippen LogP contribution in [0.3, 0.4) is 0 Å². The van der Waals surface area contributed by atoms with Crippen molar-refractivity contribution in [1.29, 1.82) is 0 Å². The molecule has 0 saturated heterocycles.